The molecule has 3 aromatic rings. The number of anilines is 1. The molecular weight excluding hydrogens is 374 g/mol. The van der Waals surface area contributed by atoms with Gasteiger partial charge in [0.25, 0.3) is 5.56 Å². The molecule has 3 rings (SSSR count). The van der Waals surface area contributed by atoms with Gasteiger partial charge in [0.1, 0.15) is 0 Å². The fraction of sp³-hybridized carbons (Fsp3) is 0.0769. The number of sulfone groups is 1. The number of benzene rings is 1. The summed E-state index contributed by atoms with van der Waals surface area (Å²) >= 11 is 5.56. The Kier molecular flexibility index (Phi) is 5.39. The molecule has 0 amide bonds. The summed E-state index contributed by atoms with van der Waals surface area (Å²) in [6.07, 6.45) is 1.40. The van der Waals surface area contributed by atoms with Gasteiger partial charge in [-0.2, -0.15) is 4.98 Å². The number of nitrogens with zero attached hydrogens (tertiary/aromatic N) is 2. The van der Waals surface area contributed by atoms with Crippen molar-refractivity contribution in [3.63, 3.8) is 0 Å². The third kappa shape index (κ3) is 4.78. The molecule has 0 fully saturated rings. The first-order valence-electron chi connectivity index (χ1n) is 6.58. The number of fused-ring (bicyclic) bond motifs is 1. The predicted molar refractivity (Wildman–Crippen MR) is 90.1 cm³/mol. The molecule has 0 saturated heterocycles. The average molecular weight is 386 g/mol. The van der Waals surface area contributed by atoms with Crippen LogP contribution >= 0.6 is 11.6 Å². The van der Waals surface area contributed by atoms with Crippen molar-refractivity contribution in [3.8, 4) is 0 Å². The lowest BCUT2D eigenvalue weighted by molar-refractivity contribution is -0.134. The van der Waals surface area contributed by atoms with Gasteiger partial charge in [0, 0.05) is 5.02 Å². The van der Waals surface area contributed by atoms with E-state index in [0.29, 0.717) is 10.7 Å². The maximum absolute atomic E-state index is 11.3. The SMILES string of the molecule is Nc1nc2[nH]cnc2c(=O)[nH]1.O=C(O)CS(=O)(=O)c1ccc(Cl)cc1. The molecule has 25 heavy (non-hydrogen) atoms. The van der Waals surface area contributed by atoms with Gasteiger partial charge in [0.15, 0.2) is 26.8 Å². The smallest absolute Gasteiger partial charge is 0.319 e. The monoisotopic (exact) mass is 385 g/mol. The van der Waals surface area contributed by atoms with Gasteiger partial charge in [0.2, 0.25) is 5.95 Å². The molecule has 0 aliphatic carbocycles. The molecule has 0 unspecified atom stereocenters. The number of nitrogens with two attached hydrogens (primary N) is 1. The highest BCUT2D eigenvalue weighted by molar-refractivity contribution is 7.92. The molecule has 12 heteroatoms. The number of hydrogen-bond donors (Lipinski definition) is 4. The van der Waals surface area contributed by atoms with E-state index in [0.717, 1.165) is 0 Å². The van der Waals surface area contributed by atoms with Crippen LogP contribution in [0.2, 0.25) is 5.02 Å². The van der Waals surface area contributed by atoms with Crippen molar-refractivity contribution < 1.29 is 18.3 Å². The molecule has 10 nitrogen and oxygen atoms in total. The number of aromatic amines is 2. The van der Waals surface area contributed by atoms with Crippen LogP contribution in [0.15, 0.2) is 40.3 Å². The lowest BCUT2D eigenvalue weighted by Crippen LogP contribution is -2.15. The van der Waals surface area contributed by atoms with Crippen LogP contribution in [0, 0.1) is 0 Å². The van der Waals surface area contributed by atoms with Gasteiger partial charge in [-0.05, 0) is 24.3 Å². The summed E-state index contributed by atoms with van der Waals surface area (Å²) in [4.78, 5) is 33.8. The Hall–Kier alpha value is -2.92. The van der Waals surface area contributed by atoms with E-state index in [9.17, 15) is 18.0 Å². The van der Waals surface area contributed by atoms with Crippen molar-refractivity contribution in [1.82, 2.24) is 19.9 Å². The summed E-state index contributed by atoms with van der Waals surface area (Å²) in [5, 5.41) is 8.76. The molecule has 0 bridgehead atoms. The minimum atomic E-state index is -3.73. The van der Waals surface area contributed by atoms with Crippen LogP contribution in [0.5, 0.6) is 0 Å². The Morgan fingerprint density at radius 2 is 1.92 bits per heavy atom. The first-order valence-corrected chi connectivity index (χ1v) is 8.61. The quantitative estimate of drug-likeness (QED) is 0.502. The second kappa shape index (κ2) is 7.32. The molecule has 2 aromatic heterocycles. The van der Waals surface area contributed by atoms with Crippen molar-refractivity contribution in [2.24, 2.45) is 0 Å². The van der Waals surface area contributed by atoms with Crippen molar-refractivity contribution in [2.75, 3.05) is 11.5 Å². The molecular formula is C13H12ClN5O5S. The van der Waals surface area contributed by atoms with Crippen LogP contribution in [0.25, 0.3) is 11.2 Å². The van der Waals surface area contributed by atoms with E-state index >= 15 is 0 Å². The van der Waals surface area contributed by atoms with Gasteiger partial charge in [-0.1, -0.05) is 11.6 Å². The fourth-order valence-corrected chi connectivity index (χ4v) is 2.92. The maximum Gasteiger partial charge on any atom is 0.319 e. The van der Waals surface area contributed by atoms with Gasteiger partial charge in [-0.3, -0.25) is 14.6 Å². The van der Waals surface area contributed by atoms with Crippen LogP contribution in [-0.4, -0.2) is 45.2 Å². The van der Waals surface area contributed by atoms with Crippen LogP contribution in [-0.2, 0) is 14.6 Å². The van der Waals surface area contributed by atoms with Crippen LogP contribution < -0.4 is 11.3 Å². The number of H-pyrrole nitrogens is 2. The molecule has 2 heterocycles. The maximum atomic E-state index is 11.3. The standard InChI is InChI=1S/C8H7ClO4S.C5H5N5O/c9-6-1-3-7(4-2-6)14(12,13)5-8(10)11;6-5-9-3-2(4(11)10-5)7-1-8-3/h1-4H,5H2,(H,10,11);1H,(H4,6,7,8,9,10,11). The summed E-state index contributed by atoms with van der Waals surface area (Å²) in [7, 11) is -3.73. The van der Waals surface area contributed by atoms with E-state index in [2.05, 4.69) is 19.9 Å². The average Bonchev–Trinajstić information content (AvgIpc) is 2.95. The van der Waals surface area contributed by atoms with E-state index in [4.69, 9.17) is 22.4 Å². The number of halogens is 1. The molecule has 0 aliphatic rings. The number of nitrogens with one attached hydrogen (secondary N) is 2. The van der Waals surface area contributed by atoms with Crippen LogP contribution in [0.4, 0.5) is 5.95 Å². The Morgan fingerprint density at radius 1 is 1.28 bits per heavy atom. The van der Waals surface area contributed by atoms with Gasteiger partial charge in [-0.25, -0.2) is 13.4 Å². The third-order valence-electron chi connectivity index (χ3n) is 2.79. The number of nitrogen functional groups attached to an aromatic ring is 1. The number of aromatic nitrogens is 4. The first-order chi connectivity index (χ1) is 11.7. The predicted octanol–water partition coefficient (Wildman–Crippen LogP) is 0.427. The van der Waals surface area contributed by atoms with Gasteiger partial charge in [0.05, 0.1) is 11.2 Å². The second-order valence-electron chi connectivity index (χ2n) is 4.66. The number of carboxylic acid groups (broad SMARTS) is 1. The zero-order chi connectivity index (χ0) is 18.6. The van der Waals surface area contributed by atoms with Crippen LogP contribution in [0.1, 0.15) is 0 Å². The van der Waals surface area contributed by atoms with E-state index in [1.54, 1.807) is 0 Å². The number of hydrogen-bond acceptors (Lipinski definition) is 7. The van der Waals surface area contributed by atoms with E-state index < -0.39 is 21.6 Å². The molecule has 132 valence electrons. The molecule has 5 N–H and O–H groups in total. The van der Waals surface area contributed by atoms with Gasteiger partial charge < -0.3 is 15.8 Å². The Bertz CT molecular complexity index is 1060. The zero-order valence-corrected chi connectivity index (χ0v) is 14.0. The van der Waals surface area contributed by atoms with Crippen molar-refractivity contribution in [1.29, 1.82) is 0 Å². The summed E-state index contributed by atoms with van der Waals surface area (Å²) in [6.45, 7) is 0. The highest BCUT2D eigenvalue weighted by Crippen LogP contribution is 2.15. The minimum absolute atomic E-state index is 0.0377. The highest BCUT2D eigenvalue weighted by atomic mass is 35.5. The van der Waals surface area contributed by atoms with Gasteiger partial charge >= 0.3 is 5.97 Å². The minimum Gasteiger partial charge on any atom is -0.480 e. The normalized spacial score (nSPS) is 10.9. The molecule has 0 aliphatic heterocycles. The molecule has 1 aromatic carbocycles. The number of rotatable bonds is 3. The Balaban J connectivity index is 0.000000185. The molecule has 0 atom stereocenters. The van der Waals surface area contributed by atoms with E-state index in [-0.39, 0.29) is 21.9 Å². The van der Waals surface area contributed by atoms with Gasteiger partial charge in [-0.15, -0.1) is 0 Å². The fourth-order valence-electron chi connectivity index (χ4n) is 1.75. The van der Waals surface area contributed by atoms with E-state index in [1.165, 1.54) is 30.6 Å². The third-order valence-corrected chi connectivity index (χ3v) is 4.66. The van der Waals surface area contributed by atoms with Crippen molar-refractivity contribution >= 4 is 44.5 Å². The molecule has 0 radical (unpaired) electrons. The topological polar surface area (TPSA) is 172 Å². The van der Waals surface area contributed by atoms with E-state index in [1.807, 2.05) is 0 Å². The van der Waals surface area contributed by atoms with Crippen molar-refractivity contribution in [3.05, 3.63) is 46.0 Å². The number of aliphatic carboxylic acids is 1. The summed E-state index contributed by atoms with van der Waals surface area (Å²) in [6, 6.07) is 5.35. The summed E-state index contributed by atoms with van der Waals surface area (Å²) in [5.74, 6) is -2.19. The largest absolute Gasteiger partial charge is 0.480 e. The molecule has 0 spiro atoms. The first kappa shape index (κ1) is 18.4. The Morgan fingerprint density at radius 3 is 2.52 bits per heavy atom. The number of carboxylic acids is 1. The lowest BCUT2D eigenvalue weighted by Gasteiger charge is -2.00. The molecule has 0 saturated carbocycles. The number of imidazole rings is 1. The lowest BCUT2D eigenvalue weighted by atomic mass is 10.4. The zero-order valence-electron chi connectivity index (χ0n) is 12.4. The summed E-state index contributed by atoms with van der Waals surface area (Å²) < 4.78 is 22.7. The van der Waals surface area contributed by atoms with Crippen molar-refractivity contribution in [2.45, 2.75) is 4.90 Å². The summed E-state index contributed by atoms with van der Waals surface area (Å²) in [5.41, 5.74) is 5.63. The Labute approximate surface area is 145 Å². The second-order valence-corrected chi connectivity index (χ2v) is 7.08. The number of carbonyl (C=O) groups is 1. The van der Waals surface area contributed by atoms with Crippen LogP contribution in [0.3, 0.4) is 0 Å². The highest BCUT2D eigenvalue weighted by Gasteiger charge is 2.18.